The van der Waals surface area contributed by atoms with E-state index >= 15 is 0 Å². The molecule has 1 aliphatic carbocycles. The molecule has 1 unspecified atom stereocenters. The van der Waals surface area contributed by atoms with Gasteiger partial charge in [0.1, 0.15) is 5.75 Å². The van der Waals surface area contributed by atoms with Gasteiger partial charge in [0, 0.05) is 5.69 Å². The van der Waals surface area contributed by atoms with Crippen molar-refractivity contribution < 1.29 is 4.74 Å². The number of hydrogen-bond acceptors (Lipinski definition) is 2. The zero-order valence-electron chi connectivity index (χ0n) is 12.2. The molecule has 0 aliphatic heterocycles. The summed E-state index contributed by atoms with van der Waals surface area (Å²) in [5.41, 5.74) is 2.38. The van der Waals surface area contributed by atoms with Gasteiger partial charge >= 0.3 is 0 Å². The van der Waals surface area contributed by atoms with Gasteiger partial charge in [-0.25, -0.2) is 0 Å². The largest absolute Gasteiger partial charge is 0.492 e. The van der Waals surface area contributed by atoms with Crippen molar-refractivity contribution in [2.75, 3.05) is 11.9 Å². The Balaban J connectivity index is 1.79. The molecule has 1 fully saturated rings. The Morgan fingerprint density at radius 1 is 1.19 bits per heavy atom. The van der Waals surface area contributed by atoms with E-state index in [0.717, 1.165) is 17.4 Å². The van der Waals surface area contributed by atoms with Crippen LogP contribution in [0.2, 0.25) is 5.02 Å². The molecule has 1 N–H and O–H groups in total. The van der Waals surface area contributed by atoms with Crippen molar-refractivity contribution in [1.29, 1.82) is 0 Å². The lowest BCUT2D eigenvalue weighted by Gasteiger charge is -2.20. The fourth-order valence-electron chi connectivity index (χ4n) is 2.61. The first kappa shape index (κ1) is 14.3. The molecule has 2 aromatic rings. The minimum Gasteiger partial charge on any atom is -0.492 e. The number of rotatable bonds is 6. The highest BCUT2D eigenvalue weighted by Gasteiger charge is 2.32. The third-order valence-corrected chi connectivity index (χ3v) is 4.10. The van der Waals surface area contributed by atoms with Gasteiger partial charge in [-0.15, -0.1) is 0 Å². The Kier molecular flexibility index (Phi) is 4.35. The third kappa shape index (κ3) is 3.51. The third-order valence-electron chi connectivity index (χ3n) is 3.81. The van der Waals surface area contributed by atoms with Gasteiger partial charge < -0.3 is 10.1 Å². The van der Waals surface area contributed by atoms with Gasteiger partial charge in [0.15, 0.2) is 0 Å². The summed E-state index contributed by atoms with van der Waals surface area (Å²) in [5, 5.41) is 4.28. The first-order valence-corrected chi connectivity index (χ1v) is 7.89. The monoisotopic (exact) mass is 301 g/mol. The first-order chi connectivity index (χ1) is 10.3. The molecule has 0 spiro atoms. The van der Waals surface area contributed by atoms with E-state index in [1.54, 1.807) is 0 Å². The topological polar surface area (TPSA) is 21.3 Å². The van der Waals surface area contributed by atoms with Crippen LogP contribution in [0.15, 0.2) is 48.5 Å². The maximum absolute atomic E-state index is 6.27. The van der Waals surface area contributed by atoms with Crippen molar-refractivity contribution >= 4 is 17.3 Å². The van der Waals surface area contributed by atoms with Crippen LogP contribution in [0.1, 0.15) is 31.4 Å². The average Bonchev–Trinajstić information content (AvgIpc) is 3.33. The van der Waals surface area contributed by atoms with Crippen LogP contribution < -0.4 is 10.1 Å². The smallest absolute Gasteiger partial charge is 0.138 e. The molecule has 3 rings (SSSR count). The molecule has 0 bridgehead atoms. The van der Waals surface area contributed by atoms with Crippen molar-refractivity contribution in [3.63, 3.8) is 0 Å². The van der Waals surface area contributed by atoms with Gasteiger partial charge in [-0.1, -0.05) is 41.9 Å². The second-order valence-corrected chi connectivity index (χ2v) is 5.86. The number of anilines is 1. The Morgan fingerprint density at radius 2 is 1.95 bits per heavy atom. The molecule has 0 aromatic heterocycles. The molecule has 0 saturated heterocycles. The quantitative estimate of drug-likeness (QED) is 0.781. The summed E-state index contributed by atoms with van der Waals surface area (Å²) in [6.07, 6.45) is 2.58. The number of ether oxygens (including phenoxy) is 1. The zero-order chi connectivity index (χ0) is 14.7. The highest BCUT2D eigenvalue weighted by atomic mass is 35.5. The lowest BCUT2D eigenvalue weighted by atomic mass is 10.0. The van der Waals surface area contributed by atoms with Crippen LogP contribution in [0.25, 0.3) is 0 Å². The van der Waals surface area contributed by atoms with Gasteiger partial charge in [-0.05, 0) is 49.4 Å². The second-order valence-electron chi connectivity index (χ2n) is 5.45. The van der Waals surface area contributed by atoms with E-state index in [9.17, 15) is 0 Å². The number of halogens is 1. The van der Waals surface area contributed by atoms with E-state index in [4.69, 9.17) is 16.3 Å². The lowest BCUT2D eigenvalue weighted by molar-refractivity contribution is 0.340. The summed E-state index contributed by atoms with van der Waals surface area (Å²) < 4.78 is 5.48. The molecule has 1 saturated carbocycles. The van der Waals surface area contributed by atoms with E-state index in [2.05, 4.69) is 35.6 Å². The minimum atomic E-state index is 0.361. The van der Waals surface area contributed by atoms with Gasteiger partial charge in [0.05, 0.1) is 17.7 Å². The van der Waals surface area contributed by atoms with Crippen LogP contribution >= 0.6 is 11.6 Å². The molecule has 21 heavy (non-hydrogen) atoms. The average molecular weight is 302 g/mol. The van der Waals surface area contributed by atoms with E-state index < -0.39 is 0 Å². The minimum absolute atomic E-state index is 0.361. The van der Waals surface area contributed by atoms with Crippen molar-refractivity contribution in [2.24, 2.45) is 5.92 Å². The summed E-state index contributed by atoms with van der Waals surface area (Å²) in [5.74, 6) is 1.46. The van der Waals surface area contributed by atoms with Crippen LogP contribution in [-0.4, -0.2) is 6.61 Å². The van der Waals surface area contributed by atoms with E-state index in [0.29, 0.717) is 17.7 Å². The fraction of sp³-hybridized carbons (Fsp3) is 0.333. The number of benzene rings is 2. The molecule has 1 atom stereocenters. The van der Waals surface area contributed by atoms with E-state index in [1.165, 1.54) is 18.4 Å². The lowest BCUT2D eigenvalue weighted by Crippen LogP contribution is -2.12. The molecule has 110 valence electrons. The number of nitrogens with one attached hydrogen (secondary N) is 1. The highest BCUT2D eigenvalue weighted by Crippen LogP contribution is 2.43. The predicted molar refractivity (Wildman–Crippen MR) is 88.2 cm³/mol. The van der Waals surface area contributed by atoms with Crippen LogP contribution in [0, 0.1) is 5.92 Å². The molecule has 3 heteroatoms. The van der Waals surface area contributed by atoms with Crippen molar-refractivity contribution in [2.45, 2.75) is 25.8 Å². The molecule has 1 aliphatic rings. The van der Waals surface area contributed by atoms with Gasteiger partial charge in [0.2, 0.25) is 0 Å². The summed E-state index contributed by atoms with van der Waals surface area (Å²) in [6, 6.07) is 16.9. The Labute approximate surface area is 131 Å². The van der Waals surface area contributed by atoms with E-state index in [1.807, 2.05) is 25.1 Å². The van der Waals surface area contributed by atoms with Crippen LogP contribution in [0.3, 0.4) is 0 Å². The zero-order valence-corrected chi connectivity index (χ0v) is 12.9. The molecule has 2 nitrogen and oxygen atoms in total. The maximum atomic E-state index is 6.27. The molecular formula is C18H20ClNO. The van der Waals surface area contributed by atoms with Crippen molar-refractivity contribution in [1.82, 2.24) is 0 Å². The summed E-state index contributed by atoms with van der Waals surface area (Å²) in [6.45, 7) is 2.59. The first-order valence-electron chi connectivity index (χ1n) is 7.51. The molecule has 2 aromatic carbocycles. The van der Waals surface area contributed by atoms with Gasteiger partial charge in [-0.2, -0.15) is 0 Å². The number of hydrogen-bond donors (Lipinski definition) is 1. The second kappa shape index (κ2) is 6.40. The normalized spacial score (nSPS) is 15.5. The molecule has 0 amide bonds. The Bertz CT molecular complexity index is 595. The predicted octanol–water partition coefficient (Wildman–Crippen LogP) is 5.30. The van der Waals surface area contributed by atoms with Gasteiger partial charge in [0.25, 0.3) is 0 Å². The van der Waals surface area contributed by atoms with Crippen LogP contribution in [-0.2, 0) is 0 Å². The Morgan fingerprint density at radius 3 is 2.57 bits per heavy atom. The Hall–Kier alpha value is -1.67. The summed E-state index contributed by atoms with van der Waals surface area (Å²) in [7, 11) is 0. The van der Waals surface area contributed by atoms with Crippen molar-refractivity contribution in [3.05, 3.63) is 59.1 Å². The standard InChI is InChI=1S/C18H20ClNO/c1-2-21-17-11-10-15(12-16(17)19)20-18(14-8-9-14)13-6-4-3-5-7-13/h3-7,10-12,14,18,20H,2,8-9H2,1H3. The molecular weight excluding hydrogens is 282 g/mol. The van der Waals surface area contributed by atoms with Crippen LogP contribution in [0.4, 0.5) is 5.69 Å². The van der Waals surface area contributed by atoms with Crippen LogP contribution in [0.5, 0.6) is 5.75 Å². The molecule has 0 heterocycles. The van der Waals surface area contributed by atoms with E-state index in [-0.39, 0.29) is 0 Å². The molecule has 0 radical (unpaired) electrons. The van der Waals surface area contributed by atoms with Gasteiger partial charge in [-0.3, -0.25) is 0 Å². The highest BCUT2D eigenvalue weighted by molar-refractivity contribution is 6.32. The maximum Gasteiger partial charge on any atom is 0.138 e. The summed E-state index contributed by atoms with van der Waals surface area (Å²) in [4.78, 5) is 0. The fourth-order valence-corrected chi connectivity index (χ4v) is 2.84. The summed E-state index contributed by atoms with van der Waals surface area (Å²) >= 11 is 6.27. The SMILES string of the molecule is CCOc1ccc(NC(c2ccccc2)C2CC2)cc1Cl. The van der Waals surface area contributed by atoms with Crippen molar-refractivity contribution in [3.8, 4) is 5.75 Å².